The summed E-state index contributed by atoms with van der Waals surface area (Å²) < 4.78 is 9.25. The van der Waals surface area contributed by atoms with Gasteiger partial charge in [0.15, 0.2) is 45.9 Å². The van der Waals surface area contributed by atoms with Gasteiger partial charge >= 0.3 is 5.97 Å². The number of nitrogens with two attached hydrogens (primary N) is 2. The molecule has 6 N–H and O–H groups in total. The molecule has 0 radical (unpaired) electrons. The molecule has 1 amide bonds. The number of benzene rings is 1. The van der Waals surface area contributed by atoms with E-state index < -0.39 is 18.5 Å². The fourth-order valence-electron chi connectivity index (χ4n) is 3.70. The molecule has 180 valence electrons. The molecule has 0 spiro atoms. The van der Waals surface area contributed by atoms with Crippen LogP contribution in [0.2, 0.25) is 5.15 Å². The highest BCUT2D eigenvalue weighted by Gasteiger charge is 2.27. The number of ether oxygens (including phenoxy) is 1. The van der Waals surface area contributed by atoms with Crippen molar-refractivity contribution in [2.45, 2.75) is 40.4 Å². The van der Waals surface area contributed by atoms with E-state index in [4.69, 9.17) is 32.9 Å². The lowest BCUT2D eigenvalue weighted by Crippen LogP contribution is -2.40. The summed E-state index contributed by atoms with van der Waals surface area (Å²) in [7, 11) is 0. The van der Waals surface area contributed by atoms with Crippen molar-refractivity contribution in [3.05, 3.63) is 34.4 Å². The number of amides is 1. The fraction of sp³-hybridized carbons (Fsp3) is 0.333. The number of aryl methyl sites for hydroxylation is 2. The predicted molar refractivity (Wildman–Crippen MR) is 124 cm³/mol. The zero-order valence-corrected chi connectivity index (χ0v) is 19.6. The van der Waals surface area contributed by atoms with Crippen LogP contribution in [0.5, 0.6) is 5.75 Å². The van der Waals surface area contributed by atoms with Crippen molar-refractivity contribution in [3.63, 3.8) is 0 Å². The third kappa shape index (κ3) is 4.71. The van der Waals surface area contributed by atoms with Crippen LogP contribution in [0.4, 0.5) is 11.6 Å². The zero-order chi connectivity index (χ0) is 25.2. The topological polar surface area (TPSA) is 179 Å². The van der Waals surface area contributed by atoms with Gasteiger partial charge in [-0.05, 0) is 20.8 Å². The number of anilines is 2. The molecule has 1 aromatic carbocycles. The Kier molecular flexibility index (Phi) is 7.20. The number of rotatable bonds is 9. The Labute approximate surface area is 199 Å². The number of carbonyl (C=O) groups excluding carboxylic acids is 2. The number of hydrogen-bond acceptors (Lipinski definition) is 8. The largest absolute Gasteiger partial charge is 0.481 e. The van der Waals surface area contributed by atoms with E-state index >= 15 is 0 Å². The molecular formula is C21H25ClN7O5+. The maximum absolute atomic E-state index is 12.7. The number of Topliss-reactive ketones (excluding diaryl/α,β-unsaturated/α-hetero) is 1. The molecule has 0 aliphatic rings. The van der Waals surface area contributed by atoms with Crippen molar-refractivity contribution >= 4 is 51.9 Å². The minimum atomic E-state index is -1.15. The lowest BCUT2D eigenvalue weighted by molar-refractivity contribution is -0.676. The highest BCUT2D eigenvalue weighted by Crippen LogP contribution is 2.27. The minimum absolute atomic E-state index is 0.0761. The van der Waals surface area contributed by atoms with E-state index in [9.17, 15) is 14.4 Å². The number of halogens is 1. The number of fused-ring (bicyclic) bond motifs is 1. The summed E-state index contributed by atoms with van der Waals surface area (Å²) in [4.78, 5) is 43.7. The van der Waals surface area contributed by atoms with Crippen LogP contribution in [0.25, 0.3) is 11.0 Å². The number of carbonyl (C=O) groups is 3. The molecular weight excluding hydrogens is 466 g/mol. The summed E-state index contributed by atoms with van der Waals surface area (Å²) in [6.07, 6.45) is 0. The summed E-state index contributed by atoms with van der Waals surface area (Å²) in [6.45, 7) is 5.81. The lowest BCUT2D eigenvalue weighted by Gasteiger charge is -2.08. The predicted octanol–water partition coefficient (Wildman–Crippen LogP) is 1.17. The van der Waals surface area contributed by atoms with E-state index in [0.29, 0.717) is 18.6 Å². The first kappa shape index (κ1) is 24.7. The molecule has 0 bridgehead atoms. The summed E-state index contributed by atoms with van der Waals surface area (Å²) in [6, 6.07) is 3.30. The van der Waals surface area contributed by atoms with Gasteiger partial charge in [-0.15, -0.1) is 0 Å². The molecule has 2 aromatic heterocycles. The van der Waals surface area contributed by atoms with Gasteiger partial charge in [0.05, 0.1) is 18.7 Å². The summed E-state index contributed by atoms with van der Waals surface area (Å²) in [5.41, 5.74) is 12.9. The second-order valence-corrected chi connectivity index (χ2v) is 7.65. The Morgan fingerprint density at radius 1 is 1.21 bits per heavy atom. The zero-order valence-electron chi connectivity index (χ0n) is 18.9. The van der Waals surface area contributed by atoms with Crippen molar-refractivity contribution in [2.75, 3.05) is 18.1 Å². The molecule has 0 saturated heterocycles. The molecule has 0 saturated carbocycles. The summed E-state index contributed by atoms with van der Waals surface area (Å²) in [5.74, 6) is -1.33. The number of carboxylic acid groups (broad SMARTS) is 1. The number of carboxylic acids is 1. The van der Waals surface area contributed by atoms with Crippen LogP contribution in [-0.2, 0) is 24.4 Å². The molecule has 0 fully saturated rings. The third-order valence-electron chi connectivity index (χ3n) is 5.17. The Morgan fingerprint density at radius 2 is 1.91 bits per heavy atom. The van der Waals surface area contributed by atoms with Gasteiger partial charge in [-0.3, -0.25) is 9.59 Å². The van der Waals surface area contributed by atoms with E-state index in [1.807, 2.05) is 23.0 Å². The van der Waals surface area contributed by atoms with Crippen LogP contribution in [0.1, 0.15) is 47.4 Å². The molecule has 0 unspecified atom stereocenters. The van der Waals surface area contributed by atoms with Gasteiger partial charge in [0.25, 0.3) is 11.7 Å². The molecule has 0 atom stereocenters. The Bertz CT molecular complexity index is 1300. The first-order valence-electron chi connectivity index (χ1n) is 10.4. The van der Waals surface area contributed by atoms with Crippen molar-refractivity contribution in [3.8, 4) is 5.75 Å². The van der Waals surface area contributed by atoms with E-state index in [1.165, 1.54) is 6.92 Å². The normalized spacial score (nSPS) is 10.9. The number of imidazole rings is 1. The fourth-order valence-corrected chi connectivity index (χ4v) is 3.82. The van der Waals surface area contributed by atoms with Crippen LogP contribution >= 0.6 is 11.6 Å². The van der Waals surface area contributed by atoms with Crippen LogP contribution in [0, 0.1) is 0 Å². The minimum Gasteiger partial charge on any atom is -0.481 e. The molecule has 12 nitrogen and oxygen atoms in total. The van der Waals surface area contributed by atoms with Crippen LogP contribution < -0.4 is 26.1 Å². The number of aromatic nitrogens is 4. The van der Waals surface area contributed by atoms with E-state index in [1.54, 1.807) is 12.1 Å². The van der Waals surface area contributed by atoms with E-state index in [0.717, 1.165) is 11.3 Å². The van der Waals surface area contributed by atoms with Crippen molar-refractivity contribution in [1.82, 2.24) is 19.9 Å². The standard InChI is InChI=1S/C21H24ClN7O5/c1-4-28-12-6-11(10(3)30)14(34-9-16(31)32)7-13(12)29(5-2)15(28)8-25-21(33)17-19(23)27-20(24)18(22)26-17/h6-7H,4-5,8-9H2,1-3H3,(H5-,23,24,25,27,31,32,33)/p+1. The smallest absolute Gasteiger partial charge is 0.341 e. The Morgan fingerprint density at radius 3 is 2.50 bits per heavy atom. The van der Waals surface area contributed by atoms with Crippen LogP contribution in [0.15, 0.2) is 12.1 Å². The average Bonchev–Trinajstić information content (AvgIpc) is 3.08. The molecule has 2 heterocycles. The number of nitrogens with one attached hydrogen (secondary N) is 1. The molecule has 13 heteroatoms. The first-order valence-corrected chi connectivity index (χ1v) is 10.8. The van der Waals surface area contributed by atoms with Gasteiger partial charge in [0, 0.05) is 12.1 Å². The first-order chi connectivity index (χ1) is 16.1. The highest BCUT2D eigenvalue weighted by atomic mass is 35.5. The Hall–Kier alpha value is -3.93. The average molecular weight is 491 g/mol. The van der Waals surface area contributed by atoms with Crippen molar-refractivity contribution in [1.29, 1.82) is 0 Å². The SMILES string of the molecule is CCn1c(CNC(=O)c2nc(Cl)c(N)nc2N)[n+](CC)c2cc(OCC(=O)O)c(C(C)=O)cc21. The van der Waals surface area contributed by atoms with E-state index in [2.05, 4.69) is 15.3 Å². The van der Waals surface area contributed by atoms with Gasteiger partial charge in [0.2, 0.25) is 0 Å². The van der Waals surface area contributed by atoms with Gasteiger partial charge in [-0.2, -0.15) is 0 Å². The third-order valence-corrected chi connectivity index (χ3v) is 5.45. The molecule has 3 aromatic rings. The molecule has 0 aliphatic heterocycles. The van der Waals surface area contributed by atoms with Crippen molar-refractivity contribution < 1.29 is 28.8 Å². The van der Waals surface area contributed by atoms with Gasteiger partial charge in [-0.1, -0.05) is 11.6 Å². The Balaban J connectivity index is 2.05. The summed E-state index contributed by atoms with van der Waals surface area (Å²) >= 11 is 5.88. The van der Waals surface area contributed by atoms with Crippen molar-refractivity contribution in [2.24, 2.45) is 0 Å². The number of nitrogen functional groups attached to an aromatic ring is 2. The van der Waals surface area contributed by atoms with Gasteiger partial charge in [-0.25, -0.2) is 23.9 Å². The van der Waals surface area contributed by atoms with Gasteiger partial charge in [0.1, 0.15) is 12.3 Å². The number of ketones is 1. The second kappa shape index (κ2) is 9.91. The second-order valence-electron chi connectivity index (χ2n) is 7.30. The molecule has 0 aliphatic carbocycles. The quantitative estimate of drug-likeness (QED) is 0.253. The highest BCUT2D eigenvalue weighted by molar-refractivity contribution is 6.31. The van der Waals surface area contributed by atoms with Crippen LogP contribution in [-0.4, -0.2) is 43.9 Å². The number of hydrogen-bond donors (Lipinski definition) is 4. The van der Waals surface area contributed by atoms with Crippen LogP contribution in [0.3, 0.4) is 0 Å². The monoisotopic (exact) mass is 490 g/mol. The van der Waals surface area contributed by atoms with E-state index in [-0.39, 0.29) is 46.1 Å². The number of aliphatic carboxylic acids is 1. The molecule has 3 rings (SSSR count). The van der Waals surface area contributed by atoms with Gasteiger partial charge < -0.3 is 26.6 Å². The summed E-state index contributed by atoms with van der Waals surface area (Å²) in [5, 5.41) is 11.6. The maximum Gasteiger partial charge on any atom is 0.341 e. The number of nitrogens with zero attached hydrogens (tertiary/aromatic N) is 4. The maximum atomic E-state index is 12.7. The lowest BCUT2D eigenvalue weighted by atomic mass is 10.1. The molecule has 34 heavy (non-hydrogen) atoms.